The summed E-state index contributed by atoms with van der Waals surface area (Å²) in [5.74, 6) is -0.600. The van der Waals surface area contributed by atoms with Crippen LogP contribution in [0.1, 0.15) is 21.6 Å². The third-order valence-electron chi connectivity index (χ3n) is 4.41. The number of aromatic carboxylic acids is 1. The van der Waals surface area contributed by atoms with E-state index in [4.69, 9.17) is 4.74 Å². The van der Waals surface area contributed by atoms with Crippen LogP contribution in [0.2, 0.25) is 0 Å². The normalized spacial score (nSPS) is 11.1. The fraction of sp³-hybridized carbons (Fsp3) is 0.100. The molecule has 0 bridgehead atoms. The number of carbonyl (C=O) groups is 1. The second-order valence-corrected chi connectivity index (χ2v) is 6.78. The standard InChI is InChI=1S/C20H15NO4S/c1-25-18-14(9-13-7-4-6-12-5-2-3-8-15(12)13)10-17(22)21-16(20(23)24)11-26-19(18)21/h2-8,10-11H,9H2,1H3,(H,23,24). The highest BCUT2D eigenvalue weighted by molar-refractivity contribution is 7.16. The lowest BCUT2D eigenvalue weighted by Crippen LogP contribution is -2.18. The van der Waals surface area contributed by atoms with Gasteiger partial charge >= 0.3 is 5.97 Å². The molecule has 0 saturated heterocycles. The molecule has 2 aromatic heterocycles. The Hall–Kier alpha value is -3.12. The van der Waals surface area contributed by atoms with Crippen molar-refractivity contribution in [3.63, 3.8) is 0 Å². The van der Waals surface area contributed by atoms with E-state index in [1.807, 2.05) is 36.4 Å². The average molecular weight is 365 g/mol. The summed E-state index contributed by atoms with van der Waals surface area (Å²) < 4.78 is 6.74. The van der Waals surface area contributed by atoms with Crippen LogP contribution in [0.4, 0.5) is 0 Å². The molecular weight excluding hydrogens is 350 g/mol. The molecule has 26 heavy (non-hydrogen) atoms. The summed E-state index contributed by atoms with van der Waals surface area (Å²) in [6.07, 6.45) is 0.524. The SMILES string of the molecule is COc1c(Cc2cccc3ccccc23)cc(=O)n2c(C(=O)O)csc12. The first-order valence-electron chi connectivity index (χ1n) is 8.00. The smallest absolute Gasteiger partial charge is 0.353 e. The Morgan fingerprint density at radius 2 is 1.92 bits per heavy atom. The van der Waals surface area contributed by atoms with E-state index in [0.29, 0.717) is 17.0 Å². The zero-order valence-corrected chi connectivity index (χ0v) is 14.7. The highest BCUT2D eigenvalue weighted by Crippen LogP contribution is 2.31. The highest BCUT2D eigenvalue weighted by atomic mass is 32.1. The molecule has 5 nitrogen and oxygen atoms in total. The van der Waals surface area contributed by atoms with Crippen LogP contribution >= 0.6 is 11.3 Å². The molecule has 6 heteroatoms. The van der Waals surface area contributed by atoms with Crippen molar-refractivity contribution in [3.05, 3.63) is 81.1 Å². The first-order chi connectivity index (χ1) is 12.6. The number of nitrogens with zero attached hydrogens (tertiary/aromatic N) is 1. The highest BCUT2D eigenvalue weighted by Gasteiger charge is 2.19. The van der Waals surface area contributed by atoms with Crippen LogP contribution < -0.4 is 10.3 Å². The molecule has 2 heterocycles. The van der Waals surface area contributed by atoms with E-state index in [2.05, 4.69) is 6.07 Å². The predicted molar refractivity (Wildman–Crippen MR) is 102 cm³/mol. The molecule has 0 aliphatic rings. The van der Waals surface area contributed by atoms with Gasteiger partial charge in [0.25, 0.3) is 5.56 Å². The third kappa shape index (κ3) is 2.55. The fourth-order valence-corrected chi connectivity index (χ4v) is 4.31. The number of thiazole rings is 1. The van der Waals surface area contributed by atoms with E-state index < -0.39 is 5.97 Å². The first kappa shape index (κ1) is 16.4. The Morgan fingerprint density at radius 1 is 1.15 bits per heavy atom. The number of fused-ring (bicyclic) bond motifs is 2. The summed E-state index contributed by atoms with van der Waals surface area (Å²) in [7, 11) is 1.53. The molecule has 0 unspecified atom stereocenters. The maximum absolute atomic E-state index is 12.6. The monoisotopic (exact) mass is 365 g/mol. The number of methoxy groups -OCH3 is 1. The zero-order chi connectivity index (χ0) is 18.3. The van der Waals surface area contributed by atoms with E-state index in [1.165, 1.54) is 34.3 Å². The largest absolute Gasteiger partial charge is 0.493 e. The van der Waals surface area contributed by atoms with E-state index in [-0.39, 0.29) is 11.3 Å². The number of aromatic nitrogens is 1. The Labute approximate surface area is 152 Å². The molecule has 0 saturated carbocycles. The lowest BCUT2D eigenvalue weighted by molar-refractivity contribution is 0.0689. The second-order valence-electron chi connectivity index (χ2n) is 5.92. The topological polar surface area (TPSA) is 68.0 Å². The molecule has 0 amide bonds. The van der Waals surface area contributed by atoms with Crippen LogP contribution in [0.15, 0.2) is 58.7 Å². The number of rotatable bonds is 4. The minimum Gasteiger partial charge on any atom is -0.493 e. The van der Waals surface area contributed by atoms with Crippen molar-refractivity contribution in [3.8, 4) is 5.75 Å². The van der Waals surface area contributed by atoms with Gasteiger partial charge in [-0.1, -0.05) is 42.5 Å². The molecule has 4 aromatic rings. The lowest BCUT2D eigenvalue weighted by Gasteiger charge is -2.12. The Morgan fingerprint density at radius 3 is 2.69 bits per heavy atom. The van der Waals surface area contributed by atoms with Crippen molar-refractivity contribution < 1.29 is 14.6 Å². The van der Waals surface area contributed by atoms with E-state index >= 15 is 0 Å². The summed E-state index contributed by atoms with van der Waals surface area (Å²) in [4.78, 5) is 24.4. The van der Waals surface area contributed by atoms with Gasteiger partial charge in [-0.2, -0.15) is 0 Å². The van der Waals surface area contributed by atoms with Crippen molar-refractivity contribution in [1.82, 2.24) is 4.40 Å². The summed E-state index contributed by atoms with van der Waals surface area (Å²) in [5.41, 5.74) is 1.41. The van der Waals surface area contributed by atoms with Gasteiger partial charge < -0.3 is 9.84 Å². The maximum Gasteiger partial charge on any atom is 0.353 e. The summed E-state index contributed by atoms with van der Waals surface area (Å²) in [6.45, 7) is 0. The number of pyridine rings is 1. The molecule has 0 atom stereocenters. The molecule has 0 spiro atoms. The molecular formula is C20H15NO4S. The van der Waals surface area contributed by atoms with Crippen molar-refractivity contribution >= 4 is 32.9 Å². The molecule has 0 radical (unpaired) electrons. The Bertz CT molecular complexity index is 1200. The van der Waals surface area contributed by atoms with Gasteiger partial charge in [0, 0.05) is 23.4 Å². The third-order valence-corrected chi connectivity index (χ3v) is 5.35. The lowest BCUT2D eigenvalue weighted by atomic mass is 9.98. The minimum atomic E-state index is -1.14. The number of ether oxygens (including phenoxy) is 1. The summed E-state index contributed by atoms with van der Waals surface area (Å²) in [6, 6.07) is 15.6. The van der Waals surface area contributed by atoms with Crippen molar-refractivity contribution in [2.45, 2.75) is 6.42 Å². The number of hydrogen-bond donors (Lipinski definition) is 1. The van der Waals surface area contributed by atoms with Gasteiger partial charge in [-0.25, -0.2) is 4.79 Å². The van der Waals surface area contributed by atoms with Crippen LogP contribution in [-0.2, 0) is 6.42 Å². The average Bonchev–Trinajstić information content (AvgIpc) is 3.08. The zero-order valence-electron chi connectivity index (χ0n) is 13.9. The van der Waals surface area contributed by atoms with Crippen LogP contribution in [0.25, 0.3) is 15.6 Å². The maximum atomic E-state index is 12.6. The number of carboxylic acids is 1. The van der Waals surface area contributed by atoms with Crippen molar-refractivity contribution in [2.75, 3.05) is 7.11 Å². The number of hydrogen-bond acceptors (Lipinski definition) is 4. The van der Waals surface area contributed by atoms with E-state index in [1.54, 1.807) is 0 Å². The van der Waals surface area contributed by atoms with Crippen LogP contribution in [-0.4, -0.2) is 22.6 Å². The van der Waals surface area contributed by atoms with Gasteiger partial charge in [-0.05, 0) is 16.3 Å². The van der Waals surface area contributed by atoms with Gasteiger partial charge in [0.2, 0.25) is 0 Å². The number of carboxylic acid groups (broad SMARTS) is 1. The van der Waals surface area contributed by atoms with Gasteiger partial charge in [-0.15, -0.1) is 11.3 Å². The van der Waals surface area contributed by atoms with Gasteiger partial charge in [-0.3, -0.25) is 9.20 Å². The van der Waals surface area contributed by atoms with Crippen molar-refractivity contribution in [2.24, 2.45) is 0 Å². The van der Waals surface area contributed by atoms with Gasteiger partial charge in [0.05, 0.1) is 7.11 Å². The van der Waals surface area contributed by atoms with E-state index in [9.17, 15) is 14.7 Å². The molecule has 0 aliphatic carbocycles. The van der Waals surface area contributed by atoms with Crippen LogP contribution in [0.3, 0.4) is 0 Å². The first-order valence-corrected chi connectivity index (χ1v) is 8.88. The fourth-order valence-electron chi connectivity index (χ4n) is 3.26. The Kier molecular flexibility index (Phi) is 3.97. The molecule has 4 rings (SSSR count). The molecule has 0 fully saturated rings. The predicted octanol–water partition coefficient (Wildman–Crippen LogP) is 3.81. The summed E-state index contributed by atoms with van der Waals surface area (Å²) in [5, 5.41) is 13.0. The van der Waals surface area contributed by atoms with Crippen LogP contribution in [0.5, 0.6) is 5.75 Å². The molecule has 130 valence electrons. The second kappa shape index (κ2) is 6.31. The van der Waals surface area contributed by atoms with Gasteiger partial charge in [0.1, 0.15) is 10.5 Å². The molecule has 1 N–H and O–H groups in total. The van der Waals surface area contributed by atoms with Crippen molar-refractivity contribution in [1.29, 1.82) is 0 Å². The minimum absolute atomic E-state index is 0.0509. The number of benzene rings is 2. The van der Waals surface area contributed by atoms with Crippen LogP contribution in [0, 0.1) is 0 Å². The molecule has 0 aliphatic heterocycles. The van der Waals surface area contributed by atoms with Gasteiger partial charge in [0.15, 0.2) is 5.75 Å². The van der Waals surface area contributed by atoms with E-state index in [0.717, 1.165) is 21.9 Å². The molecule has 2 aromatic carbocycles. The summed E-state index contributed by atoms with van der Waals surface area (Å²) >= 11 is 1.19. The Balaban J connectivity index is 1.92. The quantitative estimate of drug-likeness (QED) is 0.597.